The van der Waals surface area contributed by atoms with Crippen LogP contribution in [0.1, 0.15) is 31.3 Å². The Bertz CT molecular complexity index is 368. The molecular formula is C10H18N4O. The van der Waals surface area contributed by atoms with Gasteiger partial charge in [0.25, 0.3) is 0 Å². The Morgan fingerprint density at radius 3 is 2.53 bits per heavy atom. The van der Waals surface area contributed by atoms with Crippen LogP contribution in [0.5, 0.6) is 0 Å². The molecule has 0 aliphatic rings. The third kappa shape index (κ3) is 2.36. The van der Waals surface area contributed by atoms with E-state index in [4.69, 9.17) is 5.73 Å². The molecule has 84 valence electrons. The van der Waals surface area contributed by atoms with Crippen LogP contribution >= 0.6 is 0 Å². The van der Waals surface area contributed by atoms with Crippen LogP contribution < -0.4 is 11.1 Å². The molecule has 0 saturated heterocycles. The molecule has 0 radical (unpaired) electrons. The summed E-state index contributed by atoms with van der Waals surface area (Å²) in [6, 6.07) is 0.284. The van der Waals surface area contributed by atoms with Crippen molar-refractivity contribution in [3.8, 4) is 0 Å². The minimum absolute atomic E-state index is 0.00820. The highest BCUT2D eigenvalue weighted by Gasteiger charge is 2.14. The molecular weight excluding hydrogens is 192 g/mol. The van der Waals surface area contributed by atoms with Crippen LogP contribution in [0.3, 0.4) is 0 Å². The summed E-state index contributed by atoms with van der Waals surface area (Å²) < 4.78 is 1.89. The monoisotopic (exact) mass is 210 g/mol. The van der Waals surface area contributed by atoms with Crippen molar-refractivity contribution in [2.75, 3.05) is 11.9 Å². The second-order valence-corrected chi connectivity index (χ2v) is 3.84. The summed E-state index contributed by atoms with van der Waals surface area (Å²) in [7, 11) is 0. The van der Waals surface area contributed by atoms with E-state index in [0.717, 1.165) is 17.1 Å². The summed E-state index contributed by atoms with van der Waals surface area (Å²) in [6.45, 7) is 7.90. The Balaban J connectivity index is 3.03. The van der Waals surface area contributed by atoms with Gasteiger partial charge in [-0.25, -0.2) is 0 Å². The SMILES string of the molecule is Cc1nn(C(C)C)c(C)c1NC(=O)CN. The molecule has 1 rings (SSSR count). The van der Waals surface area contributed by atoms with E-state index in [9.17, 15) is 4.79 Å². The lowest BCUT2D eigenvalue weighted by Crippen LogP contribution is -2.22. The first kappa shape index (κ1) is 11.7. The number of nitrogens with one attached hydrogen (secondary N) is 1. The molecule has 0 aliphatic heterocycles. The van der Waals surface area contributed by atoms with E-state index < -0.39 is 0 Å². The van der Waals surface area contributed by atoms with E-state index in [2.05, 4.69) is 10.4 Å². The maximum absolute atomic E-state index is 11.2. The Labute approximate surface area is 89.6 Å². The van der Waals surface area contributed by atoms with Crippen LogP contribution in [0.2, 0.25) is 0 Å². The fraction of sp³-hybridized carbons (Fsp3) is 0.600. The van der Waals surface area contributed by atoms with Gasteiger partial charge in [0, 0.05) is 6.04 Å². The van der Waals surface area contributed by atoms with Crippen molar-refractivity contribution in [1.82, 2.24) is 9.78 Å². The second kappa shape index (κ2) is 4.44. The number of anilines is 1. The lowest BCUT2D eigenvalue weighted by molar-refractivity contribution is -0.114. The quantitative estimate of drug-likeness (QED) is 0.781. The van der Waals surface area contributed by atoms with Crippen LogP contribution in [0, 0.1) is 13.8 Å². The molecule has 0 fully saturated rings. The van der Waals surface area contributed by atoms with Crippen molar-refractivity contribution in [3.05, 3.63) is 11.4 Å². The molecule has 0 unspecified atom stereocenters. The summed E-state index contributed by atoms with van der Waals surface area (Å²) in [5.41, 5.74) is 7.81. The van der Waals surface area contributed by atoms with Gasteiger partial charge in [0.1, 0.15) is 0 Å². The maximum Gasteiger partial charge on any atom is 0.238 e. The van der Waals surface area contributed by atoms with Gasteiger partial charge in [0.15, 0.2) is 0 Å². The van der Waals surface area contributed by atoms with E-state index in [1.807, 2.05) is 32.4 Å². The number of nitrogens with two attached hydrogens (primary N) is 1. The van der Waals surface area contributed by atoms with Crippen molar-refractivity contribution >= 4 is 11.6 Å². The Morgan fingerprint density at radius 2 is 2.13 bits per heavy atom. The van der Waals surface area contributed by atoms with Crippen LogP contribution in [-0.4, -0.2) is 22.2 Å². The number of hydrogen-bond acceptors (Lipinski definition) is 3. The van der Waals surface area contributed by atoms with Crippen LogP contribution in [0.4, 0.5) is 5.69 Å². The smallest absolute Gasteiger partial charge is 0.238 e. The van der Waals surface area contributed by atoms with Crippen LogP contribution in [0.25, 0.3) is 0 Å². The summed E-state index contributed by atoms with van der Waals surface area (Å²) in [5, 5.41) is 7.11. The van der Waals surface area contributed by atoms with Gasteiger partial charge >= 0.3 is 0 Å². The Hall–Kier alpha value is -1.36. The van der Waals surface area contributed by atoms with Crippen molar-refractivity contribution in [3.63, 3.8) is 0 Å². The third-order valence-electron chi connectivity index (χ3n) is 2.26. The molecule has 5 nitrogen and oxygen atoms in total. The molecule has 0 atom stereocenters. The van der Waals surface area contributed by atoms with Gasteiger partial charge in [0.2, 0.25) is 5.91 Å². The number of carbonyl (C=O) groups excluding carboxylic acids is 1. The summed E-state index contributed by atoms with van der Waals surface area (Å²) in [5.74, 6) is -0.190. The van der Waals surface area contributed by atoms with Gasteiger partial charge in [-0.05, 0) is 27.7 Å². The fourth-order valence-electron chi connectivity index (χ4n) is 1.54. The number of amides is 1. The molecule has 0 aliphatic carbocycles. The lowest BCUT2D eigenvalue weighted by Gasteiger charge is -2.08. The Kier molecular flexibility index (Phi) is 3.47. The van der Waals surface area contributed by atoms with Gasteiger partial charge in [-0.1, -0.05) is 0 Å². The summed E-state index contributed by atoms with van der Waals surface area (Å²) >= 11 is 0. The summed E-state index contributed by atoms with van der Waals surface area (Å²) in [4.78, 5) is 11.2. The molecule has 0 saturated carbocycles. The molecule has 0 spiro atoms. The lowest BCUT2D eigenvalue weighted by atomic mass is 10.3. The minimum atomic E-state index is -0.190. The zero-order valence-corrected chi connectivity index (χ0v) is 9.66. The van der Waals surface area contributed by atoms with Crippen LogP contribution in [0.15, 0.2) is 0 Å². The highest BCUT2D eigenvalue weighted by atomic mass is 16.1. The predicted molar refractivity (Wildman–Crippen MR) is 59.8 cm³/mol. The first-order valence-corrected chi connectivity index (χ1v) is 5.03. The first-order valence-electron chi connectivity index (χ1n) is 5.03. The molecule has 1 aromatic heterocycles. The minimum Gasteiger partial charge on any atom is -0.322 e. The molecule has 15 heavy (non-hydrogen) atoms. The van der Waals surface area contributed by atoms with Gasteiger partial charge in [-0.2, -0.15) is 5.10 Å². The maximum atomic E-state index is 11.2. The van der Waals surface area contributed by atoms with Crippen LogP contribution in [-0.2, 0) is 4.79 Å². The van der Waals surface area contributed by atoms with Gasteiger partial charge in [0.05, 0.1) is 23.6 Å². The molecule has 0 bridgehead atoms. The van der Waals surface area contributed by atoms with E-state index in [1.54, 1.807) is 0 Å². The number of carbonyl (C=O) groups is 1. The summed E-state index contributed by atoms with van der Waals surface area (Å²) in [6.07, 6.45) is 0. The van der Waals surface area contributed by atoms with E-state index in [0.29, 0.717) is 0 Å². The van der Waals surface area contributed by atoms with Gasteiger partial charge in [-0.3, -0.25) is 9.48 Å². The van der Waals surface area contributed by atoms with E-state index >= 15 is 0 Å². The molecule has 0 aromatic carbocycles. The van der Waals surface area contributed by atoms with Gasteiger partial charge < -0.3 is 11.1 Å². The molecule has 5 heteroatoms. The van der Waals surface area contributed by atoms with Crippen molar-refractivity contribution in [1.29, 1.82) is 0 Å². The molecule has 3 N–H and O–H groups in total. The van der Waals surface area contributed by atoms with Gasteiger partial charge in [-0.15, -0.1) is 0 Å². The topological polar surface area (TPSA) is 72.9 Å². The average molecular weight is 210 g/mol. The van der Waals surface area contributed by atoms with Crippen molar-refractivity contribution in [2.24, 2.45) is 5.73 Å². The first-order chi connectivity index (χ1) is 6.97. The second-order valence-electron chi connectivity index (χ2n) is 3.84. The average Bonchev–Trinajstić information content (AvgIpc) is 2.45. The molecule has 1 aromatic rings. The number of nitrogens with zero attached hydrogens (tertiary/aromatic N) is 2. The number of rotatable bonds is 3. The third-order valence-corrected chi connectivity index (χ3v) is 2.26. The zero-order chi connectivity index (χ0) is 11.6. The van der Waals surface area contributed by atoms with Crippen molar-refractivity contribution < 1.29 is 4.79 Å². The molecule has 1 heterocycles. The number of aromatic nitrogens is 2. The number of aryl methyl sites for hydroxylation is 1. The fourth-order valence-corrected chi connectivity index (χ4v) is 1.54. The normalized spacial score (nSPS) is 10.8. The van der Waals surface area contributed by atoms with E-state index in [-0.39, 0.29) is 18.5 Å². The van der Waals surface area contributed by atoms with E-state index in [1.165, 1.54) is 0 Å². The highest BCUT2D eigenvalue weighted by Crippen LogP contribution is 2.21. The Morgan fingerprint density at radius 1 is 1.53 bits per heavy atom. The standard InChI is InChI=1S/C10H18N4O/c1-6(2)14-8(4)10(7(3)13-14)12-9(15)5-11/h6H,5,11H2,1-4H3,(H,12,15). The molecule has 1 amide bonds. The number of hydrogen-bond donors (Lipinski definition) is 2. The zero-order valence-electron chi connectivity index (χ0n) is 9.66. The van der Waals surface area contributed by atoms with Crippen molar-refractivity contribution in [2.45, 2.75) is 33.7 Å². The largest absolute Gasteiger partial charge is 0.322 e. The predicted octanol–water partition coefficient (Wildman–Crippen LogP) is 0.978. The highest BCUT2D eigenvalue weighted by molar-refractivity contribution is 5.93.